The Morgan fingerprint density at radius 3 is 2.33 bits per heavy atom. The zero-order chi connectivity index (χ0) is 19.2. The van der Waals surface area contributed by atoms with Gasteiger partial charge >= 0.3 is 0 Å². The summed E-state index contributed by atoms with van der Waals surface area (Å²) in [5.41, 5.74) is 2.12. The second kappa shape index (κ2) is 8.42. The Morgan fingerprint density at radius 1 is 0.963 bits per heavy atom. The summed E-state index contributed by atoms with van der Waals surface area (Å²) >= 11 is 0. The molecular formula is C21H19FN2O3. The fourth-order valence-corrected chi connectivity index (χ4v) is 2.92. The smallest absolute Gasteiger partial charge is 0.271 e. The Hall–Kier alpha value is -3.25. The molecule has 6 heteroatoms. The van der Waals surface area contributed by atoms with E-state index in [1.165, 1.54) is 24.3 Å². The summed E-state index contributed by atoms with van der Waals surface area (Å²) in [6, 6.07) is 21.2. The SMILES string of the molecule is O=[N+]([O-])c1cccc(NC(CC(O)c2ccc(F)cc2)c2ccccc2)c1. The van der Waals surface area contributed by atoms with E-state index in [2.05, 4.69) is 5.32 Å². The number of rotatable bonds is 7. The molecule has 0 aromatic heterocycles. The number of aliphatic hydroxyl groups excluding tert-OH is 1. The molecule has 3 aromatic carbocycles. The minimum Gasteiger partial charge on any atom is -0.388 e. The highest BCUT2D eigenvalue weighted by Gasteiger charge is 2.19. The van der Waals surface area contributed by atoms with E-state index in [4.69, 9.17) is 0 Å². The van der Waals surface area contributed by atoms with Crippen molar-refractivity contribution in [2.75, 3.05) is 5.32 Å². The fraction of sp³-hybridized carbons (Fsp3) is 0.143. The largest absolute Gasteiger partial charge is 0.388 e. The molecule has 3 aromatic rings. The van der Waals surface area contributed by atoms with Crippen LogP contribution in [-0.4, -0.2) is 10.0 Å². The minimum atomic E-state index is -0.818. The molecule has 138 valence electrons. The number of aliphatic hydroxyl groups is 1. The molecule has 2 unspecified atom stereocenters. The van der Waals surface area contributed by atoms with Crippen LogP contribution in [0.1, 0.15) is 29.7 Å². The molecular weight excluding hydrogens is 347 g/mol. The zero-order valence-corrected chi connectivity index (χ0v) is 14.5. The average molecular weight is 366 g/mol. The quantitative estimate of drug-likeness (QED) is 0.455. The van der Waals surface area contributed by atoms with Crippen molar-refractivity contribution < 1.29 is 14.4 Å². The summed E-state index contributed by atoms with van der Waals surface area (Å²) in [4.78, 5) is 10.6. The van der Waals surface area contributed by atoms with E-state index >= 15 is 0 Å². The second-order valence-corrected chi connectivity index (χ2v) is 6.22. The topological polar surface area (TPSA) is 75.4 Å². The molecule has 0 saturated heterocycles. The van der Waals surface area contributed by atoms with Gasteiger partial charge in [0.2, 0.25) is 0 Å². The monoisotopic (exact) mass is 366 g/mol. The molecule has 5 nitrogen and oxygen atoms in total. The molecule has 0 fully saturated rings. The van der Waals surface area contributed by atoms with Crippen LogP contribution in [0.25, 0.3) is 0 Å². The maximum atomic E-state index is 13.1. The summed E-state index contributed by atoms with van der Waals surface area (Å²) in [5, 5.41) is 24.9. The van der Waals surface area contributed by atoms with E-state index in [1.54, 1.807) is 24.3 Å². The highest BCUT2D eigenvalue weighted by molar-refractivity contribution is 5.52. The van der Waals surface area contributed by atoms with E-state index < -0.39 is 11.0 Å². The molecule has 0 aliphatic rings. The van der Waals surface area contributed by atoms with Crippen molar-refractivity contribution in [3.8, 4) is 0 Å². The highest BCUT2D eigenvalue weighted by Crippen LogP contribution is 2.30. The van der Waals surface area contributed by atoms with Crippen molar-refractivity contribution in [1.29, 1.82) is 0 Å². The lowest BCUT2D eigenvalue weighted by Gasteiger charge is -2.23. The molecule has 0 amide bonds. The van der Waals surface area contributed by atoms with Crippen molar-refractivity contribution in [3.63, 3.8) is 0 Å². The van der Waals surface area contributed by atoms with Crippen molar-refractivity contribution in [1.82, 2.24) is 0 Å². The van der Waals surface area contributed by atoms with Crippen LogP contribution >= 0.6 is 0 Å². The summed E-state index contributed by atoms with van der Waals surface area (Å²) in [7, 11) is 0. The third kappa shape index (κ3) is 4.89. The number of anilines is 1. The molecule has 0 heterocycles. The summed E-state index contributed by atoms with van der Waals surface area (Å²) < 4.78 is 13.1. The maximum Gasteiger partial charge on any atom is 0.271 e. The Morgan fingerprint density at radius 2 is 1.67 bits per heavy atom. The number of hydrogen-bond donors (Lipinski definition) is 2. The lowest BCUT2D eigenvalue weighted by Crippen LogP contribution is -2.15. The van der Waals surface area contributed by atoms with E-state index in [9.17, 15) is 19.6 Å². The van der Waals surface area contributed by atoms with Gasteiger partial charge in [-0.3, -0.25) is 10.1 Å². The summed E-state index contributed by atoms with van der Waals surface area (Å²) in [6.45, 7) is 0. The van der Waals surface area contributed by atoms with Crippen LogP contribution in [0, 0.1) is 15.9 Å². The third-order valence-corrected chi connectivity index (χ3v) is 4.31. The van der Waals surface area contributed by atoms with Crippen LogP contribution in [0.4, 0.5) is 15.8 Å². The van der Waals surface area contributed by atoms with Crippen molar-refractivity contribution in [2.24, 2.45) is 0 Å². The van der Waals surface area contributed by atoms with Crippen LogP contribution < -0.4 is 5.32 Å². The van der Waals surface area contributed by atoms with Gasteiger partial charge in [-0.1, -0.05) is 48.5 Å². The first-order valence-electron chi connectivity index (χ1n) is 8.52. The average Bonchev–Trinajstić information content (AvgIpc) is 2.69. The number of nitrogens with zero attached hydrogens (tertiary/aromatic N) is 1. The molecule has 0 bridgehead atoms. The van der Waals surface area contributed by atoms with E-state index in [0.29, 0.717) is 17.7 Å². The molecule has 0 spiro atoms. The van der Waals surface area contributed by atoms with Crippen LogP contribution in [0.5, 0.6) is 0 Å². The number of non-ortho nitro benzene ring substituents is 1. The third-order valence-electron chi connectivity index (χ3n) is 4.31. The van der Waals surface area contributed by atoms with Gasteiger partial charge in [-0.2, -0.15) is 0 Å². The first kappa shape index (κ1) is 18.5. The molecule has 0 aliphatic carbocycles. The summed E-state index contributed by atoms with van der Waals surface area (Å²) in [5.74, 6) is -0.361. The molecule has 0 aliphatic heterocycles. The van der Waals surface area contributed by atoms with E-state index in [-0.39, 0.29) is 17.5 Å². The number of nitro benzene ring substituents is 1. The number of nitro groups is 1. The number of halogens is 1. The number of benzene rings is 3. The predicted molar refractivity (Wildman–Crippen MR) is 102 cm³/mol. The molecule has 27 heavy (non-hydrogen) atoms. The van der Waals surface area contributed by atoms with Crippen LogP contribution in [-0.2, 0) is 0 Å². The van der Waals surface area contributed by atoms with Gasteiger partial charge in [-0.05, 0) is 29.3 Å². The van der Waals surface area contributed by atoms with Crippen molar-refractivity contribution in [3.05, 3.63) is 106 Å². The first-order chi connectivity index (χ1) is 13.0. The van der Waals surface area contributed by atoms with Crippen LogP contribution in [0.3, 0.4) is 0 Å². The summed E-state index contributed by atoms with van der Waals surface area (Å²) in [6.07, 6.45) is -0.500. The Bertz CT molecular complexity index is 901. The Labute approximate surface area is 156 Å². The van der Waals surface area contributed by atoms with Gasteiger partial charge in [0, 0.05) is 24.2 Å². The lowest BCUT2D eigenvalue weighted by molar-refractivity contribution is -0.384. The lowest BCUT2D eigenvalue weighted by atomic mass is 9.96. The van der Waals surface area contributed by atoms with Crippen LogP contribution in [0.2, 0.25) is 0 Å². The standard InChI is InChI=1S/C21H19FN2O3/c22-17-11-9-16(10-12-17)21(25)14-20(15-5-2-1-3-6-15)23-18-7-4-8-19(13-18)24(26)27/h1-13,20-21,23,25H,14H2. The van der Waals surface area contributed by atoms with Gasteiger partial charge in [0.05, 0.1) is 17.1 Å². The number of hydrogen-bond acceptors (Lipinski definition) is 4. The van der Waals surface area contributed by atoms with Gasteiger partial charge < -0.3 is 10.4 Å². The van der Waals surface area contributed by atoms with Gasteiger partial charge in [-0.25, -0.2) is 4.39 Å². The molecule has 2 N–H and O–H groups in total. The van der Waals surface area contributed by atoms with Gasteiger partial charge in [0.25, 0.3) is 5.69 Å². The number of nitrogens with one attached hydrogen (secondary N) is 1. The predicted octanol–water partition coefficient (Wildman–Crippen LogP) is 5.01. The van der Waals surface area contributed by atoms with Crippen molar-refractivity contribution >= 4 is 11.4 Å². The highest BCUT2D eigenvalue weighted by atomic mass is 19.1. The second-order valence-electron chi connectivity index (χ2n) is 6.22. The first-order valence-corrected chi connectivity index (χ1v) is 8.52. The fourth-order valence-electron chi connectivity index (χ4n) is 2.92. The van der Waals surface area contributed by atoms with Gasteiger partial charge in [0.15, 0.2) is 0 Å². The zero-order valence-electron chi connectivity index (χ0n) is 14.5. The van der Waals surface area contributed by atoms with E-state index in [0.717, 1.165) is 5.56 Å². The van der Waals surface area contributed by atoms with E-state index in [1.807, 2.05) is 30.3 Å². The molecule has 2 atom stereocenters. The Kier molecular flexibility index (Phi) is 5.78. The minimum absolute atomic E-state index is 0.00843. The van der Waals surface area contributed by atoms with Crippen molar-refractivity contribution in [2.45, 2.75) is 18.6 Å². The molecule has 0 saturated carbocycles. The van der Waals surface area contributed by atoms with Crippen LogP contribution in [0.15, 0.2) is 78.9 Å². The van der Waals surface area contributed by atoms with Gasteiger partial charge in [-0.15, -0.1) is 0 Å². The molecule has 3 rings (SSSR count). The molecule has 0 radical (unpaired) electrons. The normalized spacial score (nSPS) is 13.0. The maximum absolute atomic E-state index is 13.1. The van der Waals surface area contributed by atoms with Gasteiger partial charge in [0.1, 0.15) is 5.82 Å². The Balaban J connectivity index is 1.84.